The molecule has 16 heavy (non-hydrogen) atoms. The molecule has 8 heteroatoms. The van der Waals surface area contributed by atoms with Crippen LogP contribution in [0.5, 0.6) is 0 Å². The quantitative estimate of drug-likeness (QED) is 0.783. The first kappa shape index (κ1) is 11.8. The van der Waals surface area contributed by atoms with Crippen LogP contribution in [0.1, 0.15) is 0 Å². The fourth-order valence-corrected chi connectivity index (χ4v) is 3.08. The van der Waals surface area contributed by atoms with E-state index in [0.717, 1.165) is 0 Å². The third-order valence-electron chi connectivity index (χ3n) is 2.38. The number of hydrogen-bond acceptors (Lipinski definition) is 4. The molecule has 1 aromatic heterocycles. The van der Waals surface area contributed by atoms with Crippen LogP contribution in [0.2, 0.25) is 0 Å². The van der Waals surface area contributed by atoms with Gasteiger partial charge in [-0.1, -0.05) is 0 Å². The molecule has 1 N–H and O–H groups in total. The van der Waals surface area contributed by atoms with Crippen molar-refractivity contribution in [2.75, 3.05) is 25.6 Å². The zero-order chi connectivity index (χ0) is 11.6. The molecular weight excluding hydrogens is 254 g/mol. The zero-order valence-electron chi connectivity index (χ0n) is 8.47. The summed E-state index contributed by atoms with van der Waals surface area (Å²) in [4.78, 5) is 0.169. The van der Waals surface area contributed by atoms with Gasteiger partial charge in [0, 0.05) is 25.2 Å². The first-order valence-electron chi connectivity index (χ1n) is 4.81. The molecule has 0 aromatic carbocycles. The lowest BCUT2D eigenvalue weighted by molar-refractivity contribution is 0.0122. The van der Waals surface area contributed by atoms with Gasteiger partial charge < -0.3 is 4.74 Å². The van der Waals surface area contributed by atoms with Crippen LogP contribution in [-0.2, 0) is 14.8 Å². The number of hydrogen-bond donors (Lipinski definition) is 1. The Bertz CT molecular complexity index is 433. The maximum atomic E-state index is 12.1. The number of morpholine rings is 1. The standard InChI is InChI=1S/C8H12ClN3O3S/c9-3-7-6-12(1-2-15-7)16(13,14)8-4-10-11-5-8/h4-5,7H,1-3,6H2,(H,10,11). The van der Waals surface area contributed by atoms with Gasteiger partial charge in [-0.25, -0.2) is 8.42 Å². The summed E-state index contributed by atoms with van der Waals surface area (Å²) < 4.78 is 30.8. The number of nitrogens with one attached hydrogen (secondary N) is 1. The van der Waals surface area contributed by atoms with E-state index in [-0.39, 0.29) is 23.4 Å². The first-order valence-corrected chi connectivity index (χ1v) is 6.78. The molecule has 1 fully saturated rings. The van der Waals surface area contributed by atoms with Gasteiger partial charge in [-0.15, -0.1) is 11.6 Å². The lowest BCUT2D eigenvalue weighted by atomic mass is 10.3. The molecule has 0 bridgehead atoms. The summed E-state index contributed by atoms with van der Waals surface area (Å²) in [6.07, 6.45) is 2.41. The van der Waals surface area contributed by atoms with Crippen LogP contribution < -0.4 is 0 Å². The molecular formula is C8H12ClN3O3S. The Hall–Kier alpha value is -0.630. The highest BCUT2D eigenvalue weighted by Crippen LogP contribution is 2.17. The molecule has 1 aromatic rings. The topological polar surface area (TPSA) is 75.3 Å². The van der Waals surface area contributed by atoms with Gasteiger partial charge in [0.15, 0.2) is 0 Å². The highest BCUT2D eigenvalue weighted by molar-refractivity contribution is 7.89. The van der Waals surface area contributed by atoms with Crippen LogP contribution >= 0.6 is 11.6 Å². The number of sulfonamides is 1. The number of aromatic nitrogens is 2. The number of nitrogens with zero attached hydrogens (tertiary/aromatic N) is 2. The van der Waals surface area contributed by atoms with Gasteiger partial charge >= 0.3 is 0 Å². The summed E-state index contributed by atoms with van der Waals surface area (Å²) in [5.74, 6) is 0.289. The summed E-state index contributed by atoms with van der Waals surface area (Å²) in [5.41, 5.74) is 0. The molecule has 1 aliphatic heterocycles. The van der Waals surface area contributed by atoms with E-state index in [0.29, 0.717) is 13.2 Å². The second kappa shape index (κ2) is 4.70. The van der Waals surface area contributed by atoms with E-state index in [1.165, 1.54) is 16.7 Å². The highest BCUT2D eigenvalue weighted by Gasteiger charge is 2.30. The van der Waals surface area contributed by atoms with Crippen molar-refractivity contribution < 1.29 is 13.2 Å². The average molecular weight is 266 g/mol. The monoisotopic (exact) mass is 265 g/mol. The minimum absolute atomic E-state index is 0.169. The summed E-state index contributed by atoms with van der Waals surface area (Å²) in [5, 5.41) is 6.12. The molecule has 0 spiro atoms. The summed E-state index contributed by atoms with van der Waals surface area (Å²) >= 11 is 5.66. The summed E-state index contributed by atoms with van der Waals surface area (Å²) in [6, 6.07) is 0. The number of H-pyrrole nitrogens is 1. The van der Waals surface area contributed by atoms with E-state index >= 15 is 0 Å². The first-order chi connectivity index (χ1) is 7.64. The number of alkyl halides is 1. The SMILES string of the molecule is O=S(=O)(c1cn[nH]c1)N1CCOC(CCl)C1. The number of halogens is 1. The smallest absolute Gasteiger partial charge is 0.246 e. The molecule has 6 nitrogen and oxygen atoms in total. The molecule has 1 aliphatic rings. The second-order valence-corrected chi connectivity index (χ2v) is 5.69. The maximum Gasteiger partial charge on any atom is 0.246 e. The predicted octanol–water partition coefficient (Wildman–Crippen LogP) is 0.0380. The largest absolute Gasteiger partial charge is 0.374 e. The van der Waals surface area contributed by atoms with Crippen LogP contribution in [0.4, 0.5) is 0 Å². The Morgan fingerprint density at radius 1 is 1.69 bits per heavy atom. The predicted molar refractivity (Wildman–Crippen MR) is 57.8 cm³/mol. The van der Waals surface area contributed by atoms with Crippen molar-refractivity contribution in [1.82, 2.24) is 14.5 Å². The molecule has 2 rings (SSSR count). The molecule has 0 amide bonds. The molecule has 0 aliphatic carbocycles. The van der Waals surface area contributed by atoms with Crippen molar-refractivity contribution in [3.8, 4) is 0 Å². The van der Waals surface area contributed by atoms with E-state index in [4.69, 9.17) is 16.3 Å². The van der Waals surface area contributed by atoms with Gasteiger partial charge in [0.2, 0.25) is 10.0 Å². The molecule has 0 saturated carbocycles. The van der Waals surface area contributed by atoms with E-state index in [1.54, 1.807) is 0 Å². The lowest BCUT2D eigenvalue weighted by Crippen LogP contribution is -2.46. The van der Waals surface area contributed by atoms with Crippen LogP contribution in [0.25, 0.3) is 0 Å². The van der Waals surface area contributed by atoms with Gasteiger partial charge in [0.25, 0.3) is 0 Å². The third kappa shape index (κ3) is 2.22. The number of rotatable bonds is 3. The zero-order valence-corrected chi connectivity index (χ0v) is 10.0. The molecule has 0 radical (unpaired) electrons. The van der Waals surface area contributed by atoms with Crippen LogP contribution in [0.3, 0.4) is 0 Å². The normalized spacial score (nSPS) is 23.4. The van der Waals surface area contributed by atoms with Crippen molar-refractivity contribution in [1.29, 1.82) is 0 Å². The Morgan fingerprint density at radius 2 is 2.50 bits per heavy atom. The molecule has 1 atom stereocenters. The van der Waals surface area contributed by atoms with Gasteiger partial charge in [-0.2, -0.15) is 9.40 Å². The molecule has 1 unspecified atom stereocenters. The van der Waals surface area contributed by atoms with Crippen molar-refractivity contribution in [3.05, 3.63) is 12.4 Å². The van der Waals surface area contributed by atoms with Gasteiger partial charge in [-0.05, 0) is 0 Å². The minimum Gasteiger partial charge on any atom is -0.374 e. The Balaban J connectivity index is 2.18. The Kier molecular flexibility index (Phi) is 3.48. The fourth-order valence-electron chi connectivity index (χ4n) is 1.53. The van der Waals surface area contributed by atoms with Crippen molar-refractivity contribution in [2.24, 2.45) is 0 Å². The lowest BCUT2D eigenvalue weighted by Gasteiger charge is -2.30. The summed E-state index contributed by atoms with van der Waals surface area (Å²) in [6.45, 7) is 1.01. The van der Waals surface area contributed by atoms with Crippen molar-refractivity contribution in [2.45, 2.75) is 11.0 Å². The van der Waals surface area contributed by atoms with E-state index < -0.39 is 10.0 Å². The fraction of sp³-hybridized carbons (Fsp3) is 0.625. The van der Waals surface area contributed by atoms with Crippen molar-refractivity contribution in [3.63, 3.8) is 0 Å². The summed E-state index contributed by atoms with van der Waals surface area (Å²) in [7, 11) is -3.46. The van der Waals surface area contributed by atoms with E-state index in [9.17, 15) is 8.42 Å². The highest BCUT2D eigenvalue weighted by atomic mass is 35.5. The maximum absolute atomic E-state index is 12.1. The number of aromatic amines is 1. The third-order valence-corrected chi connectivity index (χ3v) is 4.56. The molecule has 90 valence electrons. The second-order valence-electron chi connectivity index (χ2n) is 3.44. The van der Waals surface area contributed by atoms with Crippen LogP contribution in [0, 0.1) is 0 Å². The number of ether oxygens (including phenoxy) is 1. The van der Waals surface area contributed by atoms with Gasteiger partial charge in [0.05, 0.1) is 18.9 Å². The average Bonchev–Trinajstić information content (AvgIpc) is 2.83. The van der Waals surface area contributed by atoms with Crippen molar-refractivity contribution >= 4 is 21.6 Å². The van der Waals surface area contributed by atoms with E-state index in [1.807, 2.05) is 0 Å². The Morgan fingerprint density at radius 3 is 3.12 bits per heavy atom. The van der Waals surface area contributed by atoms with E-state index in [2.05, 4.69) is 10.2 Å². The molecule has 2 heterocycles. The minimum atomic E-state index is -3.46. The van der Waals surface area contributed by atoms with Gasteiger partial charge in [-0.3, -0.25) is 5.10 Å². The molecule has 1 saturated heterocycles. The van der Waals surface area contributed by atoms with Gasteiger partial charge in [0.1, 0.15) is 4.90 Å². The van der Waals surface area contributed by atoms with Crippen LogP contribution in [-0.4, -0.2) is 54.6 Å². The van der Waals surface area contributed by atoms with Crippen LogP contribution in [0.15, 0.2) is 17.3 Å². The Labute approximate surface area is 98.6 Å².